The van der Waals surface area contributed by atoms with Crippen molar-refractivity contribution in [3.05, 3.63) is 31.0 Å². The molecule has 0 amide bonds. The topological polar surface area (TPSA) is 64.9 Å². The van der Waals surface area contributed by atoms with Gasteiger partial charge in [0.25, 0.3) is 0 Å². The predicted octanol–water partition coefficient (Wildman–Crippen LogP) is 2.42. The zero-order valence-electron chi connectivity index (χ0n) is 12.9. The molecule has 1 unspecified atom stereocenters. The van der Waals surface area contributed by atoms with Gasteiger partial charge in [-0.1, -0.05) is 0 Å². The van der Waals surface area contributed by atoms with E-state index in [1.807, 2.05) is 18.3 Å². The molecule has 0 bridgehead atoms. The second-order valence-corrected chi connectivity index (χ2v) is 6.61. The second kappa shape index (κ2) is 4.80. The number of rotatable bonds is 3. The first-order chi connectivity index (χ1) is 9.86. The molecule has 3 rings (SSSR count). The fourth-order valence-corrected chi connectivity index (χ4v) is 2.92. The zero-order chi connectivity index (χ0) is 15.1. The summed E-state index contributed by atoms with van der Waals surface area (Å²) >= 11 is 0. The van der Waals surface area contributed by atoms with E-state index in [4.69, 9.17) is 4.74 Å². The van der Waals surface area contributed by atoms with Crippen molar-refractivity contribution in [2.75, 3.05) is 5.32 Å². The van der Waals surface area contributed by atoms with Crippen LogP contribution in [0.4, 0.5) is 5.69 Å². The molecule has 1 aliphatic rings. The summed E-state index contributed by atoms with van der Waals surface area (Å²) in [6.45, 7) is 8.50. The van der Waals surface area contributed by atoms with Crippen molar-refractivity contribution in [3.8, 4) is 5.82 Å². The number of aromatic nitrogens is 4. The number of anilines is 1. The first-order valence-corrected chi connectivity index (χ1v) is 7.13. The van der Waals surface area contributed by atoms with Gasteiger partial charge in [-0.05, 0) is 46.2 Å². The Balaban J connectivity index is 1.74. The molecule has 1 atom stereocenters. The lowest BCUT2D eigenvalue weighted by molar-refractivity contribution is -0.0662. The largest absolute Gasteiger partial charge is 0.378 e. The highest BCUT2D eigenvalue weighted by Gasteiger charge is 2.45. The second-order valence-electron chi connectivity index (χ2n) is 6.61. The van der Waals surface area contributed by atoms with Gasteiger partial charge in [0, 0.05) is 0 Å². The first kappa shape index (κ1) is 14.0. The maximum atomic E-state index is 6.10. The number of hydrogen-bond acceptors (Lipinski definition) is 5. The summed E-state index contributed by atoms with van der Waals surface area (Å²) in [5.41, 5.74) is 0.682. The minimum absolute atomic E-state index is 0.102. The van der Waals surface area contributed by atoms with Crippen molar-refractivity contribution in [1.29, 1.82) is 0 Å². The molecule has 0 aliphatic carbocycles. The number of ether oxygens (including phenoxy) is 1. The van der Waals surface area contributed by atoms with E-state index in [0.717, 1.165) is 17.9 Å². The van der Waals surface area contributed by atoms with E-state index < -0.39 is 0 Å². The molecule has 21 heavy (non-hydrogen) atoms. The van der Waals surface area contributed by atoms with Crippen LogP contribution in [0.15, 0.2) is 31.0 Å². The summed E-state index contributed by atoms with van der Waals surface area (Å²) in [5, 5.41) is 7.59. The number of hydrogen-bond donors (Lipinski definition) is 1. The van der Waals surface area contributed by atoms with E-state index in [1.165, 1.54) is 6.33 Å². The number of nitrogens with one attached hydrogen (secondary N) is 1. The Hall–Kier alpha value is -1.95. The minimum Gasteiger partial charge on any atom is -0.378 e. The Bertz CT molecular complexity index is 604. The van der Waals surface area contributed by atoms with Gasteiger partial charge in [0.2, 0.25) is 0 Å². The van der Waals surface area contributed by atoms with Crippen molar-refractivity contribution in [3.63, 3.8) is 0 Å². The van der Waals surface area contributed by atoms with Gasteiger partial charge in [0.15, 0.2) is 5.82 Å². The van der Waals surface area contributed by atoms with Crippen LogP contribution in [0.3, 0.4) is 0 Å². The van der Waals surface area contributed by atoms with E-state index in [1.54, 1.807) is 11.0 Å². The van der Waals surface area contributed by atoms with Crippen molar-refractivity contribution in [2.45, 2.75) is 51.4 Å². The van der Waals surface area contributed by atoms with E-state index >= 15 is 0 Å². The summed E-state index contributed by atoms with van der Waals surface area (Å²) in [7, 11) is 0. The fraction of sp³-hybridized carbons (Fsp3) is 0.533. The van der Waals surface area contributed by atoms with Crippen LogP contribution in [0, 0.1) is 0 Å². The lowest BCUT2D eigenvalue weighted by Gasteiger charge is -2.28. The Morgan fingerprint density at radius 2 is 2.10 bits per heavy atom. The standard InChI is InChI=1S/C15H21N5O/c1-14(2)7-12(15(3,4)21-14)19-11-5-6-13(17-8-11)20-10-16-9-18-20/h5-6,8-10,12,19H,7H2,1-4H3. The van der Waals surface area contributed by atoms with Gasteiger partial charge in [-0.15, -0.1) is 0 Å². The van der Waals surface area contributed by atoms with Gasteiger partial charge >= 0.3 is 0 Å². The summed E-state index contributed by atoms with van der Waals surface area (Å²) in [5.74, 6) is 0.750. The third-order valence-electron chi connectivity index (χ3n) is 3.82. The average molecular weight is 287 g/mol. The van der Waals surface area contributed by atoms with Crippen molar-refractivity contribution < 1.29 is 4.74 Å². The smallest absolute Gasteiger partial charge is 0.155 e. The molecule has 1 N–H and O–H groups in total. The van der Waals surface area contributed by atoms with Crippen LogP contribution < -0.4 is 5.32 Å². The maximum absolute atomic E-state index is 6.10. The molecule has 1 aliphatic heterocycles. The molecular weight excluding hydrogens is 266 g/mol. The van der Waals surface area contributed by atoms with Gasteiger partial charge < -0.3 is 10.1 Å². The van der Waals surface area contributed by atoms with Crippen LogP contribution in [0.1, 0.15) is 34.1 Å². The minimum atomic E-state index is -0.200. The number of pyridine rings is 1. The van der Waals surface area contributed by atoms with Gasteiger partial charge in [0.05, 0.1) is 29.1 Å². The summed E-state index contributed by atoms with van der Waals surface area (Å²) in [6.07, 6.45) is 5.91. The molecule has 0 spiro atoms. The molecule has 0 aromatic carbocycles. The van der Waals surface area contributed by atoms with Gasteiger partial charge in [-0.2, -0.15) is 5.10 Å². The van der Waals surface area contributed by atoms with Crippen LogP contribution in [0.2, 0.25) is 0 Å². The Morgan fingerprint density at radius 1 is 1.29 bits per heavy atom. The molecule has 6 heteroatoms. The van der Waals surface area contributed by atoms with Crippen LogP contribution >= 0.6 is 0 Å². The van der Waals surface area contributed by atoms with Crippen LogP contribution in [-0.2, 0) is 4.74 Å². The SMILES string of the molecule is CC1(C)CC(Nc2ccc(-n3cncn3)nc2)C(C)(C)O1. The Morgan fingerprint density at radius 3 is 2.62 bits per heavy atom. The zero-order valence-corrected chi connectivity index (χ0v) is 12.9. The first-order valence-electron chi connectivity index (χ1n) is 7.13. The highest BCUT2D eigenvalue weighted by atomic mass is 16.5. The molecular formula is C15H21N5O. The third kappa shape index (κ3) is 2.90. The molecule has 112 valence electrons. The quantitative estimate of drug-likeness (QED) is 0.939. The molecule has 0 saturated carbocycles. The van der Waals surface area contributed by atoms with Crippen molar-refractivity contribution in [1.82, 2.24) is 19.7 Å². The molecule has 3 heterocycles. The highest BCUT2D eigenvalue weighted by Crippen LogP contribution is 2.38. The third-order valence-corrected chi connectivity index (χ3v) is 3.82. The monoisotopic (exact) mass is 287 g/mol. The fourth-order valence-electron chi connectivity index (χ4n) is 2.92. The van der Waals surface area contributed by atoms with Crippen molar-refractivity contribution >= 4 is 5.69 Å². The van der Waals surface area contributed by atoms with E-state index in [0.29, 0.717) is 0 Å². The normalized spacial score (nSPS) is 23.1. The Labute approximate surface area is 124 Å². The van der Waals surface area contributed by atoms with Gasteiger partial charge in [-0.3, -0.25) is 0 Å². The van der Waals surface area contributed by atoms with E-state index in [2.05, 4.69) is 48.1 Å². The molecule has 1 saturated heterocycles. The lowest BCUT2D eigenvalue weighted by Crippen LogP contribution is -2.38. The Kier molecular flexibility index (Phi) is 3.20. The van der Waals surface area contributed by atoms with Crippen molar-refractivity contribution in [2.24, 2.45) is 0 Å². The van der Waals surface area contributed by atoms with E-state index in [-0.39, 0.29) is 17.2 Å². The maximum Gasteiger partial charge on any atom is 0.155 e. The molecule has 1 fully saturated rings. The molecule has 2 aromatic heterocycles. The van der Waals surface area contributed by atoms with Gasteiger partial charge in [-0.25, -0.2) is 14.6 Å². The molecule has 6 nitrogen and oxygen atoms in total. The van der Waals surface area contributed by atoms with E-state index in [9.17, 15) is 0 Å². The molecule has 2 aromatic rings. The summed E-state index contributed by atoms with van der Waals surface area (Å²) in [6, 6.07) is 4.18. The van der Waals surface area contributed by atoms with Crippen LogP contribution in [-0.4, -0.2) is 37.0 Å². The lowest BCUT2D eigenvalue weighted by atomic mass is 9.94. The van der Waals surface area contributed by atoms with Crippen LogP contribution in [0.5, 0.6) is 0 Å². The molecule has 0 radical (unpaired) electrons. The summed E-state index contributed by atoms with van der Waals surface area (Å²) in [4.78, 5) is 8.32. The predicted molar refractivity (Wildman–Crippen MR) is 80.4 cm³/mol. The van der Waals surface area contributed by atoms with Crippen LogP contribution in [0.25, 0.3) is 5.82 Å². The van der Waals surface area contributed by atoms with Gasteiger partial charge in [0.1, 0.15) is 12.7 Å². The highest BCUT2D eigenvalue weighted by molar-refractivity contribution is 5.45. The summed E-state index contributed by atoms with van der Waals surface area (Å²) < 4.78 is 7.73. The number of nitrogens with zero attached hydrogens (tertiary/aromatic N) is 4. The average Bonchev–Trinajstić information content (AvgIpc) is 2.97.